The Kier molecular flexibility index (Phi) is 5.33. The number of thioether (sulfide) groups is 1. The minimum absolute atomic E-state index is 0.109. The van der Waals surface area contributed by atoms with E-state index >= 15 is 0 Å². The van der Waals surface area contributed by atoms with E-state index in [0.29, 0.717) is 10.6 Å². The topological polar surface area (TPSA) is 46.6 Å². The van der Waals surface area contributed by atoms with Crippen LogP contribution in [-0.2, 0) is 9.53 Å². The maximum absolute atomic E-state index is 12.7. The highest BCUT2D eigenvalue weighted by atomic mass is 35.5. The summed E-state index contributed by atoms with van der Waals surface area (Å²) in [5, 5.41) is 0.339. The van der Waals surface area contributed by atoms with E-state index in [1.54, 1.807) is 12.1 Å². The summed E-state index contributed by atoms with van der Waals surface area (Å²) in [7, 11) is 0. The molecule has 2 aliphatic rings. The summed E-state index contributed by atoms with van der Waals surface area (Å²) >= 11 is 7.63. The molecule has 1 aliphatic carbocycles. The van der Waals surface area contributed by atoms with Crippen molar-refractivity contribution in [2.45, 2.75) is 51.0 Å². The zero-order valence-electron chi connectivity index (χ0n) is 15.8. The van der Waals surface area contributed by atoms with Crippen molar-refractivity contribution in [3.05, 3.63) is 28.8 Å². The summed E-state index contributed by atoms with van der Waals surface area (Å²) < 4.78 is 5.29. The molecule has 0 spiro atoms. The molecule has 142 valence electrons. The maximum atomic E-state index is 12.7. The third kappa shape index (κ3) is 4.04. The van der Waals surface area contributed by atoms with Crippen LogP contribution in [0.4, 0.5) is 0 Å². The van der Waals surface area contributed by atoms with Gasteiger partial charge in [0, 0.05) is 17.5 Å². The Morgan fingerprint density at radius 1 is 1.31 bits per heavy atom. The van der Waals surface area contributed by atoms with Gasteiger partial charge < -0.3 is 9.64 Å². The number of likely N-dealkylation sites (tertiary alicyclic amines) is 1. The van der Waals surface area contributed by atoms with Crippen LogP contribution in [0.25, 0.3) is 0 Å². The van der Waals surface area contributed by atoms with Crippen molar-refractivity contribution in [1.82, 2.24) is 4.90 Å². The highest BCUT2D eigenvalue weighted by Crippen LogP contribution is 2.52. The standard InChI is InChI=1S/C20H26ClNO3S/c1-19(2)8-13-9-20(3,11-19)12-22(13)17(23)10-25-18(24)15-7-14(26-4)5-6-16(15)21/h5-7,13H,8-12H2,1-4H3/t13-,20-/m1/s1. The molecule has 2 fully saturated rings. The molecule has 3 rings (SSSR count). The Balaban J connectivity index is 1.64. The third-order valence-electron chi connectivity index (χ3n) is 5.46. The van der Waals surface area contributed by atoms with Crippen LogP contribution < -0.4 is 0 Å². The van der Waals surface area contributed by atoms with Crippen molar-refractivity contribution in [3.63, 3.8) is 0 Å². The lowest BCUT2D eigenvalue weighted by molar-refractivity contribution is -0.135. The van der Waals surface area contributed by atoms with Crippen molar-refractivity contribution in [3.8, 4) is 0 Å². The van der Waals surface area contributed by atoms with Crippen molar-refractivity contribution in [2.75, 3.05) is 19.4 Å². The lowest BCUT2D eigenvalue weighted by Gasteiger charge is -2.39. The lowest BCUT2D eigenvalue weighted by atomic mass is 9.65. The van der Waals surface area contributed by atoms with E-state index in [2.05, 4.69) is 20.8 Å². The van der Waals surface area contributed by atoms with Gasteiger partial charge in [-0.1, -0.05) is 32.4 Å². The number of halogens is 1. The summed E-state index contributed by atoms with van der Waals surface area (Å²) in [6, 6.07) is 5.48. The van der Waals surface area contributed by atoms with Crippen molar-refractivity contribution in [2.24, 2.45) is 10.8 Å². The van der Waals surface area contributed by atoms with Crippen LogP contribution in [0, 0.1) is 10.8 Å². The first-order valence-electron chi connectivity index (χ1n) is 8.93. The first kappa shape index (κ1) is 19.6. The number of nitrogens with zero attached hydrogens (tertiary/aromatic N) is 1. The van der Waals surface area contributed by atoms with E-state index < -0.39 is 5.97 Å². The van der Waals surface area contributed by atoms with Crippen LogP contribution in [-0.4, -0.2) is 42.2 Å². The van der Waals surface area contributed by atoms with Crippen LogP contribution in [0.1, 0.15) is 50.4 Å². The minimum atomic E-state index is -0.548. The molecular formula is C20H26ClNO3S. The van der Waals surface area contributed by atoms with E-state index in [0.717, 1.165) is 30.7 Å². The molecule has 1 amide bonds. The number of carbonyl (C=O) groups is 2. The molecule has 1 saturated heterocycles. The number of esters is 1. The van der Waals surface area contributed by atoms with Gasteiger partial charge in [0.1, 0.15) is 0 Å². The normalized spacial score (nSPS) is 26.7. The minimum Gasteiger partial charge on any atom is -0.452 e. The summed E-state index contributed by atoms with van der Waals surface area (Å²) in [6.45, 7) is 7.32. The zero-order valence-corrected chi connectivity index (χ0v) is 17.4. The van der Waals surface area contributed by atoms with Crippen molar-refractivity contribution >= 4 is 35.2 Å². The van der Waals surface area contributed by atoms with Gasteiger partial charge in [0.15, 0.2) is 6.61 Å². The van der Waals surface area contributed by atoms with E-state index in [-0.39, 0.29) is 29.4 Å². The number of carbonyl (C=O) groups excluding carboxylic acids is 2. The van der Waals surface area contributed by atoms with E-state index in [1.807, 2.05) is 17.2 Å². The Morgan fingerprint density at radius 2 is 2.04 bits per heavy atom. The van der Waals surface area contributed by atoms with Crippen LogP contribution in [0.5, 0.6) is 0 Å². The van der Waals surface area contributed by atoms with Gasteiger partial charge >= 0.3 is 5.97 Å². The van der Waals surface area contributed by atoms with Gasteiger partial charge in [0.05, 0.1) is 10.6 Å². The summed E-state index contributed by atoms with van der Waals surface area (Å²) in [5.41, 5.74) is 0.719. The molecule has 2 atom stereocenters. The van der Waals surface area contributed by atoms with Crippen LogP contribution in [0.15, 0.2) is 23.1 Å². The van der Waals surface area contributed by atoms with Gasteiger partial charge in [-0.3, -0.25) is 4.79 Å². The highest BCUT2D eigenvalue weighted by molar-refractivity contribution is 7.98. The van der Waals surface area contributed by atoms with E-state index in [1.165, 1.54) is 11.8 Å². The third-order valence-corrected chi connectivity index (χ3v) is 6.51. The van der Waals surface area contributed by atoms with E-state index in [9.17, 15) is 9.59 Å². The largest absolute Gasteiger partial charge is 0.452 e. The predicted molar refractivity (Wildman–Crippen MR) is 105 cm³/mol. The number of amides is 1. The fourth-order valence-electron chi connectivity index (χ4n) is 4.83. The highest BCUT2D eigenvalue weighted by Gasteiger charge is 2.50. The van der Waals surface area contributed by atoms with Crippen molar-refractivity contribution in [1.29, 1.82) is 0 Å². The van der Waals surface area contributed by atoms with Crippen LogP contribution >= 0.6 is 23.4 Å². The molecular weight excluding hydrogens is 370 g/mol. The molecule has 0 radical (unpaired) electrons. The van der Waals surface area contributed by atoms with Crippen LogP contribution in [0.3, 0.4) is 0 Å². The molecule has 1 aromatic rings. The Bertz CT molecular complexity index is 736. The molecule has 1 aliphatic heterocycles. The van der Waals surface area contributed by atoms with Crippen molar-refractivity contribution < 1.29 is 14.3 Å². The Labute approximate surface area is 164 Å². The quantitative estimate of drug-likeness (QED) is 0.550. The monoisotopic (exact) mass is 395 g/mol. The number of benzene rings is 1. The summed E-state index contributed by atoms with van der Waals surface area (Å²) in [6.07, 6.45) is 5.09. The smallest absolute Gasteiger partial charge is 0.340 e. The van der Waals surface area contributed by atoms with Crippen LogP contribution in [0.2, 0.25) is 5.02 Å². The number of ether oxygens (including phenoxy) is 1. The zero-order chi connectivity index (χ0) is 19.1. The average molecular weight is 396 g/mol. The number of fused-ring (bicyclic) bond motifs is 2. The first-order chi connectivity index (χ1) is 12.1. The Morgan fingerprint density at radius 3 is 2.73 bits per heavy atom. The average Bonchev–Trinajstić information content (AvgIpc) is 2.81. The van der Waals surface area contributed by atoms with Gasteiger partial charge in [0.2, 0.25) is 0 Å². The van der Waals surface area contributed by atoms with Gasteiger partial charge in [-0.15, -0.1) is 11.8 Å². The fourth-order valence-corrected chi connectivity index (χ4v) is 5.46. The fraction of sp³-hybridized carbons (Fsp3) is 0.600. The molecule has 1 aromatic carbocycles. The SMILES string of the molecule is CSc1ccc(Cl)c(C(=O)OCC(=O)N2C[C@]3(C)C[C@H]2CC(C)(C)C3)c1. The second kappa shape index (κ2) is 7.08. The van der Waals surface area contributed by atoms with E-state index in [4.69, 9.17) is 16.3 Å². The lowest BCUT2D eigenvalue weighted by Crippen LogP contribution is -2.39. The van der Waals surface area contributed by atoms with Gasteiger partial charge in [-0.05, 0) is 54.5 Å². The molecule has 6 heteroatoms. The molecule has 26 heavy (non-hydrogen) atoms. The molecule has 4 nitrogen and oxygen atoms in total. The molecule has 1 heterocycles. The van der Waals surface area contributed by atoms with Gasteiger partial charge in [0.25, 0.3) is 5.91 Å². The Hall–Kier alpha value is -1.20. The molecule has 2 bridgehead atoms. The predicted octanol–water partition coefficient (Wildman–Crippen LogP) is 4.65. The number of hydrogen-bond donors (Lipinski definition) is 0. The van der Waals surface area contributed by atoms with Gasteiger partial charge in [-0.25, -0.2) is 4.79 Å². The second-order valence-electron chi connectivity index (χ2n) is 8.66. The number of rotatable bonds is 4. The first-order valence-corrected chi connectivity index (χ1v) is 10.5. The molecule has 0 unspecified atom stereocenters. The second-order valence-corrected chi connectivity index (χ2v) is 9.94. The maximum Gasteiger partial charge on any atom is 0.340 e. The number of hydrogen-bond acceptors (Lipinski definition) is 4. The summed E-state index contributed by atoms with van der Waals surface area (Å²) in [5.74, 6) is -0.658. The molecule has 1 saturated carbocycles. The van der Waals surface area contributed by atoms with Gasteiger partial charge in [-0.2, -0.15) is 0 Å². The molecule has 0 N–H and O–H groups in total. The molecule has 0 aromatic heterocycles. The summed E-state index contributed by atoms with van der Waals surface area (Å²) in [4.78, 5) is 27.9.